The minimum absolute atomic E-state index is 0.105. The Bertz CT molecular complexity index is 1440. The number of esters is 1. The lowest BCUT2D eigenvalue weighted by Crippen LogP contribution is -2.29. The maximum Gasteiger partial charge on any atom is 0.336 e. The zero-order valence-electron chi connectivity index (χ0n) is 19.6. The highest BCUT2D eigenvalue weighted by molar-refractivity contribution is 9.10. The van der Waals surface area contributed by atoms with Gasteiger partial charge < -0.3 is 14.8 Å². The van der Waals surface area contributed by atoms with Crippen molar-refractivity contribution >= 4 is 33.4 Å². The molecule has 5 rings (SSSR count). The molecule has 2 aliphatic rings. The van der Waals surface area contributed by atoms with Crippen molar-refractivity contribution in [3.8, 4) is 5.75 Å². The predicted molar refractivity (Wildman–Crippen MR) is 138 cm³/mol. The second-order valence-corrected chi connectivity index (χ2v) is 9.63. The average Bonchev–Trinajstić information content (AvgIpc) is 3.13. The van der Waals surface area contributed by atoms with E-state index in [-0.39, 0.29) is 5.78 Å². The lowest BCUT2D eigenvalue weighted by Gasteiger charge is -2.30. The summed E-state index contributed by atoms with van der Waals surface area (Å²) in [6, 6.07) is 21.3. The molecule has 0 aromatic heterocycles. The number of hydrogen-bond donors (Lipinski definition) is 1. The van der Waals surface area contributed by atoms with E-state index in [1.165, 1.54) is 7.11 Å². The third kappa shape index (κ3) is 4.08. The Kier molecular flexibility index (Phi) is 6.07. The maximum atomic E-state index is 13.7. The molecule has 0 unspecified atom stereocenters. The van der Waals surface area contributed by atoms with Crippen molar-refractivity contribution in [2.45, 2.75) is 26.4 Å². The fourth-order valence-corrected chi connectivity index (χ4v) is 5.24. The number of aryl methyl sites for hydroxylation is 1. The minimum Gasteiger partial charge on any atom is -0.489 e. The van der Waals surface area contributed by atoms with E-state index >= 15 is 0 Å². The quantitative estimate of drug-likeness (QED) is 0.406. The molecule has 0 spiro atoms. The number of nitrogens with one attached hydrogen (secondary N) is 1. The molecular formula is C29H24BrNO4. The van der Waals surface area contributed by atoms with Crippen LogP contribution < -0.4 is 10.1 Å². The van der Waals surface area contributed by atoms with Crippen molar-refractivity contribution in [3.05, 3.63) is 116 Å². The number of halogens is 1. The Labute approximate surface area is 212 Å². The van der Waals surface area contributed by atoms with Crippen LogP contribution in [0.25, 0.3) is 5.70 Å². The van der Waals surface area contributed by atoms with Crippen molar-refractivity contribution < 1.29 is 19.1 Å². The average molecular weight is 530 g/mol. The summed E-state index contributed by atoms with van der Waals surface area (Å²) >= 11 is 3.57. The largest absolute Gasteiger partial charge is 0.489 e. The first-order valence-electron chi connectivity index (χ1n) is 11.3. The molecule has 3 aromatic carbocycles. The van der Waals surface area contributed by atoms with Crippen molar-refractivity contribution in [1.82, 2.24) is 5.32 Å². The Morgan fingerprint density at radius 1 is 1.00 bits per heavy atom. The Morgan fingerprint density at radius 3 is 2.51 bits per heavy atom. The number of carbonyl (C=O) groups is 2. The van der Waals surface area contributed by atoms with Crippen LogP contribution in [0.2, 0.25) is 0 Å². The fourth-order valence-electron chi connectivity index (χ4n) is 4.86. The van der Waals surface area contributed by atoms with Gasteiger partial charge in [-0.05, 0) is 37.6 Å². The highest BCUT2D eigenvalue weighted by Crippen LogP contribution is 2.49. The third-order valence-corrected chi connectivity index (χ3v) is 6.91. The summed E-state index contributed by atoms with van der Waals surface area (Å²) in [5.74, 6) is -0.637. The molecule has 1 aliphatic carbocycles. The molecule has 0 radical (unpaired) electrons. The second kappa shape index (κ2) is 9.19. The number of ether oxygens (including phenoxy) is 2. The first-order chi connectivity index (χ1) is 16.9. The van der Waals surface area contributed by atoms with E-state index in [0.717, 1.165) is 32.4 Å². The molecule has 0 saturated heterocycles. The van der Waals surface area contributed by atoms with Crippen LogP contribution in [0.5, 0.6) is 5.75 Å². The standard InChI is InChI=1S/C29H24BrNO4/c1-16-7-6-8-18(13-16)15-35-23-12-11-19(30)14-22(23)25-24(29(33)34-3)17(2)31-27-20-9-4-5-10-21(20)28(32)26(25)27/h4-14,25,31H,15H2,1-3H3/t25-/m1/s1. The molecule has 0 bridgehead atoms. The van der Waals surface area contributed by atoms with Crippen LogP contribution in [0.4, 0.5) is 0 Å². The molecule has 1 N–H and O–H groups in total. The maximum absolute atomic E-state index is 13.7. The van der Waals surface area contributed by atoms with Gasteiger partial charge in [0.15, 0.2) is 5.78 Å². The Hall–Kier alpha value is -3.64. The molecule has 3 aromatic rings. The lowest BCUT2D eigenvalue weighted by molar-refractivity contribution is -0.136. The Balaban J connectivity index is 1.65. The normalized spacial score (nSPS) is 16.6. The molecule has 0 saturated carbocycles. The summed E-state index contributed by atoms with van der Waals surface area (Å²) in [5, 5.41) is 3.31. The van der Waals surface area contributed by atoms with Crippen LogP contribution in [0.1, 0.15) is 45.5 Å². The van der Waals surface area contributed by atoms with Crippen LogP contribution in [-0.2, 0) is 16.1 Å². The number of carbonyl (C=O) groups excluding carboxylic acids is 2. The zero-order chi connectivity index (χ0) is 24.7. The van der Waals surface area contributed by atoms with E-state index in [1.807, 2.05) is 74.5 Å². The number of benzene rings is 3. The van der Waals surface area contributed by atoms with Crippen molar-refractivity contribution in [3.63, 3.8) is 0 Å². The molecule has 6 heteroatoms. The van der Waals surface area contributed by atoms with Crippen LogP contribution in [-0.4, -0.2) is 18.9 Å². The summed E-state index contributed by atoms with van der Waals surface area (Å²) in [4.78, 5) is 26.7. The summed E-state index contributed by atoms with van der Waals surface area (Å²) in [7, 11) is 1.35. The van der Waals surface area contributed by atoms with Gasteiger partial charge in [-0.25, -0.2) is 4.79 Å². The van der Waals surface area contributed by atoms with Gasteiger partial charge in [0.2, 0.25) is 0 Å². The lowest BCUT2D eigenvalue weighted by atomic mass is 9.79. The monoisotopic (exact) mass is 529 g/mol. The highest BCUT2D eigenvalue weighted by atomic mass is 79.9. The van der Waals surface area contributed by atoms with E-state index in [2.05, 4.69) is 27.3 Å². The van der Waals surface area contributed by atoms with Crippen molar-refractivity contribution in [1.29, 1.82) is 0 Å². The summed E-state index contributed by atoms with van der Waals surface area (Å²) < 4.78 is 12.3. The summed E-state index contributed by atoms with van der Waals surface area (Å²) in [6.45, 7) is 4.23. The van der Waals surface area contributed by atoms with Gasteiger partial charge in [0.25, 0.3) is 0 Å². The highest BCUT2D eigenvalue weighted by Gasteiger charge is 2.43. The predicted octanol–water partition coefficient (Wildman–Crippen LogP) is 6.08. The van der Waals surface area contributed by atoms with Crippen LogP contribution >= 0.6 is 15.9 Å². The van der Waals surface area contributed by atoms with Crippen LogP contribution in [0, 0.1) is 6.92 Å². The second-order valence-electron chi connectivity index (χ2n) is 8.71. The van der Waals surface area contributed by atoms with Gasteiger partial charge >= 0.3 is 5.97 Å². The number of methoxy groups -OCH3 is 1. The van der Waals surface area contributed by atoms with E-state index in [0.29, 0.717) is 34.8 Å². The van der Waals surface area contributed by atoms with Crippen LogP contribution in [0.3, 0.4) is 0 Å². The van der Waals surface area contributed by atoms with E-state index in [9.17, 15) is 9.59 Å². The van der Waals surface area contributed by atoms with Gasteiger partial charge in [0.1, 0.15) is 12.4 Å². The molecule has 0 fully saturated rings. The van der Waals surface area contributed by atoms with Crippen molar-refractivity contribution in [2.24, 2.45) is 0 Å². The van der Waals surface area contributed by atoms with Gasteiger partial charge in [-0.15, -0.1) is 0 Å². The SMILES string of the molecule is COC(=O)C1=C(C)NC2=C(C(=O)c3ccccc32)[C@@H]1c1cc(Br)ccc1OCc1cccc(C)c1. The molecule has 5 nitrogen and oxygen atoms in total. The molecule has 1 atom stereocenters. The first-order valence-corrected chi connectivity index (χ1v) is 12.1. The number of Topliss-reactive ketones (excluding diaryl/α,β-unsaturated/α-hetero) is 1. The number of dihydropyridines is 1. The summed E-state index contributed by atoms with van der Waals surface area (Å²) in [6.07, 6.45) is 0. The molecule has 1 aliphatic heterocycles. The van der Waals surface area contributed by atoms with E-state index in [1.54, 1.807) is 0 Å². The van der Waals surface area contributed by atoms with Gasteiger partial charge in [0, 0.05) is 32.4 Å². The van der Waals surface area contributed by atoms with Crippen molar-refractivity contribution in [2.75, 3.05) is 7.11 Å². The number of fused-ring (bicyclic) bond motifs is 2. The van der Waals surface area contributed by atoms with Gasteiger partial charge in [-0.3, -0.25) is 4.79 Å². The topological polar surface area (TPSA) is 64.6 Å². The minimum atomic E-state index is -0.649. The van der Waals surface area contributed by atoms with E-state index in [4.69, 9.17) is 9.47 Å². The zero-order valence-corrected chi connectivity index (χ0v) is 21.2. The van der Waals surface area contributed by atoms with Crippen LogP contribution in [0.15, 0.2) is 88.0 Å². The molecule has 176 valence electrons. The van der Waals surface area contributed by atoms with Gasteiger partial charge in [-0.1, -0.05) is 70.0 Å². The molecule has 35 heavy (non-hydrogen) atoms. The molecule has 0 amide bonds. The van der Waals surface area contributed by atoms with Gasteiger partial charge in [0.05, 0.1) is 24.3 Å². The van der Waals surface area contributed by atoms with E-state index < -0.39 is 11.9 Å². The molecule has 1 heterocycles. The smallest absolute Gasteiger partial charge is 0.336 e. The summed E-state index contributed by atoms with van der Waals surface area (Å²) in [5.41, 5.74) is 6.65. The first kappa shape index (κ1) is 23.1. The number of allylic oxidation sites excluding steroid dienone is 2. The number of rotatable bonds is 5. The van der Waals surface area contributed by atoms with Gasteiger partial charge in [-0.2, -0.15) is 0 Å². The fraction of sp³-hybridized carbons (Fsp3) is 0.172. The number of ketones is 1. The Morgan fingerprint density at radius 2 is 1.77 bits per heavy atom. The third-order valence-electron chi connectivity index (χ3n) is 6.41. The number of hydrogen-bond acceptors (Lipinski definition) is 5. The molecular weight excluding hydrogens is 506 g/mol.